The van der Waals surface area contributed by atoms with Crippen LogP contribution in [0.25, 0.3) is 6.08 Å². The first kappa shape index (κ1) is 17.9. The Labute approximate surface area is 145 Å². The van der Waals surface area contributed by atoms with Crippen LogP contribution in [0.5, 0.6) is 0 Å². The molecule has 0 aliphatic carbocycles. The van der Waals surface area contributed by atoms with Crippen LogP contribution in [0.2, 0.25) is 0 Å². The van der Waals surface area contributed by atoms with Crippen LogP contribution in [0.15, 0.2) is 59.7 Å². The van der Waals surface area contributed by atoms with Gasteiger partial charge in [-0.2, -0.15) is 5.10 Å². The molecule has 2 aromatic rings. The summed E-state index contributed by atoms with van der Waals surface area (Å²) in [6.45, 7) is 2.08. The van der Waals surface area contributed by atoms with Gasteiger partial charge >= 0.3 is 0 Å². The number of nitro benzene ring substituents is 1. The molecular formula is C18H18N4O3. The smallest absolute Gasteiger partial charge is 0.276 e. The van der Waals surface area contributed by atoms with Gasteiger partial charge in [-0.25, -0.2) is 5.43 Å². The highest BCUT2D eigenvalue weighted by Gasteiger charge is 2.08. The van der Waals surface area contributed by atoms with Crippen molar-refractivity contribution in [3.63, 3.8) is 0 Å². The Morgan fingerprint density at radius 1 is 1.20 bits per heavy atom. The second-order valence-corrected chi connectivity index (χ2v) is 5.21. The van der Waals surface area contributed by atoms with Gasteiger partial charge in [0, 0.05) is 18.0 Å². The topological polar surface area (TPSA) is 96.6 Å². The molecule has 0 aromatic heterocycles. The zero-order valence-corrected chi connectivity index (χ0v) is 13.7. The number of allylic oxidation sites excluding steroid dienone is 1. The molecule has 0 saturated carbocycles. The van der Waals surface area contributed by atoms with Crippen LogP contribution in [0.3, 0.4) is 0 Å². The van der Waals surface area contributed by atoms with E-state index in [4.69, 9.17) is 0 Å². The van der Waals surface area contributed by atoms with Crippen molar-refractivity contribution in [2.75, 3.05) is 11.9 Å². The lowest BCUT2D eigenvalue weighted by Crippen LogP contribution is -2.25. The molecule has 0 fully saturated rings. The van der Waals surface area contributed by atoms with Gasteiger partial charge in [0.25, 0.3) is 11.6 Å². The van der Waals surface area contributed by atoms with Crippen LogP contribution < -0.4 is 10.7 Å². The second-order valence-electron chi connectivity index (χ2n) is 5.21. The Bertz CT molecular complexity index is 798. The SMILES string of the molecule is Cc1ccc(NCC(=O)N/N=C\C=C\c2ccccc2[N+](=O)[O-])cc1. The minimum atomic E-state index is -0.449. The van der Waals surface area contributed by atoms with Crippen molar-refractivity contribution >= 4 is 29.6 Å². The molecule has 2 rings (SSSR count). The maximum Gasteiger partial charge on any atom is 0.276 e. The van der Waals surface area contributed by atoms with Gasteiger partial charge in [-0.05, 0) is 37.3 Å². The molecule has 0 saturated heterocycles. The molecule has 1 amide bonds. The van der Waals surface area contributed by atoms with Crippen molar-refractivity contribution < 1.29 is 9.72 Å². The molecule has 0 heterocycles. The number of carbonyl (C=O) groups excluding carboxylic acids is 1. The van der Waals surface area contributed by atoms with E-state index in [1.807, 2.05) is 31.2 Å². The van der Waals surface area contributed by atoms with Crippen LogP contribution in [0, 0.1) is 17.0 Å². The van der Waals surface area contributed by atoms with Crippen LogP contribution in [0.1, 0.15) is 11.1 Å². The number of aryl methyl sites for hydroxylation is 1. The number of nitrogens with one attached hydrogen (secondary N) is 2. The van der Waals surface area contributed by atoms with E-state index in [-0.39, 0.29) is 18.1 Å². The van der Waals surface area contributed by atoms with Gasteiger partial charge in [-0.3, -0.25) is 14.9 Å². The quantitative estimate of drug-likeness (QED) is 0.460. The fraction of sp³-hybridized carbons (Fsp3) is 0.111. The molecule has 2 N–H and O–H groups in total. The van der Waals surface area contributed by atoms with Crippen LogP contribution in [-0.2, 0) is 4.79 Å². The molecule has 0 unspecified atom stereocenters. The minimum Gasteiger partial charge on any atom is -0.376 e. The predicted molar refractivity (Wildman–Crippen MR) is 98.4 cm³/mol. The first-order chi connectivity index (χ1) is 12.1. The van der Waals surface area contributed by atoms with Crippen molar-refractivity contribution in [3.05, 3.63) is 75.8 Å². The number of nitrogens with zero attached hydrogens (tertiary/aromatic N) is 2. The number of carbonyl (C=O) groups is 1. The molecule has 0 bridgehead atoms. The lowest BCUT2D eigenvalue weighted by atomic mass is 10.2. The molecule has 0 radical (unpaired) electrons. The number of amides is 1. The highest BCUT2D eigenvalue weighted by atomic mass is 16.6. The molecular weight excluding hydrogens is 320 g/mol. The van der Waals surface area contributed by atoms with Gasteiger partial charge in [0.15, 0.2) is 0 Å². The molecule has 0 spiro atoms. The molecule has 2 aromatic carbocycles. The van der Waals surface area contributed by atoms with E-state index < -0.39 is 4.92 Å². The Morgan fingerprint density at radius 2 is 1.92 bits per heavy atom. The van der Waals surface area contributed by atoms with Crippen molar-refractivity contribution in [2.24, 2.45) is 5.10 Å². The van der Waals surface area contributed by atoms with Crippen LogP contribution >= 0.6 is 0 Å². The van der Waals surface area contributed by atoms with E-state index in [0.29, 0.717) is 5.56 Å². The molecule has 7 nitrogen and oxygen atoms in total. The van der Waals surface area contributed by atoms with Gasteiger partial charge < -0.3 is 5.32 Å². The highest BCUT2D eigenvalue weighted by molar-refractivity contribution is 5.84. The Hall–Kier alpha value is -3.48. The van der Waals surface area contributed by atoms with Crippen molar-refractivity contribution in [3.8, 4) is 0 Å². The molecule has 128 valence electrons. The van der Waals surface area contributed by atoms with E-state index in [0.717, 1.165) is 11.3 Å². The van der Waals surface area contributed by atoms with E-state index in [2.05, 4.69) is 15.8 Å². The molecule has 0 aliphatic heterocycles. The average molecular weight is 338 g/mol. The maximum absolute atomic E-state index is 11.7. The number of hydrazone groups is 1. The van der Waals surface area contributed by atoms with Crippen molar-refractivity contribution in [1.29, 1.82) is 0 Å². The summed E-state index contributed by atoms with van der Waals surface area (Å²) in [4.78, 5) is 22.1. The number of benzene rings is 2. The van der Waals surface area contributed by atoms with Crippen LogP contribution in [0.4, 0.5) is 11.4 Å². The molecule has 25 heavy (non-hydrogen) atoms. The molecule has 0 aliphatic rings. The summed E-state index contributed by atoms with van der Waals surface area (Å²) in [5, 5.41) is 17.6. The second kappa shape index (κ2) is 8.97. The van der Waals surface area contributed by atoms with Crippen molar-refractivity contribution in [2.45, 2.75) is 6.92 Å². The summed E-state index contributed by atoms with van der Waals surface area (Å²) in [6.07, 6.45) is 4.44. The number of hydrogen-bond donors (Lipinski definition) is 2. The summed E-state index contributed by atoms with van der Waals surface area (Å²) in [6, 6.07) is 14.1. The number of rotatable bonds is 7. The van der Waals surface area contributed by atoms with Gasteiger partial charge in [0.05, 0.1) is 17.0 Å². The largest absolute Gasteiger partial charge is 0.376 e. The van der Waals surface area contributed by atoms with E-state index >= 15 is 0 Å². The van der Waals surface area contributed by atoms with Gasteiger partial charge in [0.2, 0.25) is 0 Å². The highest BCUT2D eigenvalue weighted by Crippen LogP contribution is 2.18. The third-order valence-corrected chi connectivity index (χ3v) is 3.26. The number of para-hydroxylation sites is 1. The third kappa shape index (κ3) is 5.91. The fourth-order valence-electron chi connectivity index (χ4n) is 1.99. The lowest BCUT2D eigenvalue weighted by Gasteiger charge is -2.05. The summed E-state index contributed by atoms with van der Waals surface area (Å²) >= 11 is 0. The average Bonchev–Trinajstić information content (AvgIpc) is 2.61. The third-order valence-electron chi connectivity index (χ3n) is 3.26. The monoisotopic (exact) mass is 338 g/mol. The molecule has 7 heteroatoms. The number of hydrogen-bond acceptors (Lipinski definition) is 5. The zero-order chi connectivity index (χ0) is 18.1. The zero-order valence-electron chi connectivity index (χ0n) is 13.7. The fourth-order valence-corrected chi connectivity index (χ4v) is 1.99. The Morgan fingerprint density at radius 3 is 2.64 bits per heavy atom. The molecule has 0 atom stereocenters. The van der Waals surface area contributed by atoms with Crippen molar-refractivity contribution in [1.82, 2.24) is 5.43 Å². The Kier molecular flexibility index (Phi) is 6.41. The van der Waals surface area contributed by atoms with E-state index in [9.17, 15) is 14.9 Å². The predicted octanol–water partition coefficient (Wildman–Crippen LogP) is 3.13. The van der Waals surface area contributed by atoms with Gasteiger partial charge in [0.1, 0.15) is 0 Å². The minimum absolute atomic E-state index is 0.0125. The number of nitro groups is 1. The summed E-state index contributed by atoms with van der Waals surface area (Å²) in [5.74, 6) is -0.295. The Balaban J connectivity index is 1.80. The van der Waals surface area contributed by atoms with Gasteiger partial charge in [-0.1, -0.05) is 29.8 Å². The van der Waals surface area contributed by atoms with E-state index in [1.165, 1.54) is 18.4 Å². The lowest BCUT2D eigenvalue weighted by molar-refractivity contribution is -0.385. The standard InChI is InChI=1S/C18H18N4O3/c1-14-8-10-16(11-9-14)19-13-18(23)21-20-12-4-6-15-5-2-3-7-17(15)22(24)25/h2-12,19H,13H2,1H3,(H,21,23)/b6-4+,20-12-. The normalized spacial score (nSPS) is 10.9. The summed E-state index contributed by atoms with van der Waals surface area (Å²) in [5.41, 5.74) is 4.84. The summed E-state index contributed by atoms with van der Waals surface area (Å²) < 4.78 is 0. The maximum atomic E-state index is 11.7. The summed E-state index contributed by atoms with van der Waals surface area (Å²) in [7, 11) is 0. The number of anilines is 1. The van der Waals surface area contributed by atoms with E-state index in [1.54, 1.807) is 24.3 Å². The van der Waals surface area contributed by atoms with Gasteiger partial charge in [-0.15, -0.1) is 0 Å². The first-order valence-corrected chi connectivity index (χ1v) is 7.59. The first-order valence-electron chi connectivity index (χ1n) is 7.59. The van der Waals surface area contributed by atoms with Crippen LogP contribution in [-0.4, -0.2) is 23.6 Å².